The Morgan fingerprint density at radius 3 is 2.33 bits per heavy atom. The van der Waals surface area contributed by atoms with E-state index in [0.29, 0.717) is 18.9 Å². The second-order valence-corrected chi connectivity index (χ2v) is 7.35. The van der Waals surface area contributed by atoms with Crippen LogP contribution >= 0.6 is 0 Å². The highest BCUT2D eigenvalue weighted by molar-refractivity contribution is 5.91. The molecule has 5 rings (SSSR count). The lowest BCUT2D eigenvalue weighted by Gasteiger charge is -2.24. The van der Waals surface area contributed by atoms with Crippen LogP contribution in [0, 0.1) is 5.82 Å². The van der Waals surface area contributed by atoms with E-state index in [9.17, 15) is 9.18 Å². The molecular weight excluding hydrogens is 385 g/mol. The normalized spacial score (nSPS) is 22.6. The van der Waals surface area contributed by atoms with Crippen molar-refractivity contribution in [3.05, 3.63) is 95.8 Å². The number of hydrogen-bond donors (Lipinski definition) is 0. The molecule has 3 atom stereocenters. The SMILES string of the molecule is O=C1O[C@H](C2CO2)[C@@H](c2ccc(OCc3ccccc3)cc2)N1c1ccc(F)cc1. The molecule has 0 radical (unpaired) electrons. The van der Waals surface area contributed by atoms with Gasteiger partial charge in [0.25, 0.3) is 0 Å². The lowest BCUT2D eigenvalue weighted by Crippen LogP contribution is -2.31. The molecule has 0 spiro atoms. The van der Waals surface area contributed by atoms with Crippen molar-refractivity contribution >= 4 is 11.8 Å². The molecule has 0 aromatic heterocycles. The Bertz CT molecular complexity index is 1020. The number of cyclic esters (lactones) is 1. The average molecular weight is 405 g/mol. The van der Waals surface area contributed by atoms with Gasteiger partial charge >= 0.3 is 6.09 Å². The maximum atomic E-state index is 13.4. The largest absolute Gasteiger partial charge is 0.489 e. The third-order valence-corrected chi connectivity index (χ3v) is 5.32. The molecule has 2 heterocycles. The van der Waals surface area contributed by atoms with E-state index in [1.807, 2.05) is 54.6 Å². The minimum absolute atomic E-state index is 0.126. The van der Waals surface area contributed by atoms with Gasteiger partial charge in [0.05, 0.1) is 6.61 Å². The molecule has 3 aromatic carbocycles. The smallest absolute Gasteiger partial charge is 0.415 e. The molecule has 2 aliphatic heterocycles. The summed E-state index contributed by atoms with van der Waals surface area (Å²) in [5.41, 5.74) is 2.57. The number of anilines is 1. The molecule has 3 aromatic rings. The number of epoxide rings is 1. The van der Waals surface area contributed by atoms with E-state index in [-0.39, 0.29) is 18.0 Å². The summed E-state index contributed by atoms with van der Waals surface area (Å²) in [4.78, 5) is 14.2. The van der Waals surface area contributed by atoms with Gasteiger partial charge in [-0.25, -0.2) is 9.18 Å². The quantitative estimate of drug-likeness (QED) is 0.549. The first-order chi connectivity index (χ1) is 14.7. The zero-order valence-corrected chi connectivity index (χ0v) is 16.1. The third kappa shape index (κ3) is 3.74. The molecule has 2 saturated heterocycles. The van der Waals surface area contributed by atoms with Crippen molar-refractivity contribution in [3.63, 3.8) is 0 Å². The Morgan fingerprint density at radius 2 is 1.67 bits per heavy atom. The number of hydrogen-bond acceptors (Lipinski definition) is 4. The highest BCUT2D eigenvalue weighted by Gasteiger charge is 2.51. The summed E-state index contributed by atoms with van der Waals surface area (Å²) >= 11 is 0. The fraction of sp³-hybridized carbons (Fsp3) is 0.208. The zero-order valence-electron chi connectivity index (χ0n) is 16.1. The monoisotopic (exact) mass is 405 g/mol. The number of amides is 1. The van der Waals surface area contributed by atoms with Crippen LogP contribution in [0.25, 0.3) is 0 Å². The van der Waals surface area contributed by atoms with Gasteiger partial charge in [0.15, 0.2) is 6.10 Å². The van der Waals surface area contributed by atoms with Crippen molar-refractivity contribution in [2.45, 2.75) is 24.9 Å². The molecule has 6 heteroatoms. The van der Waals surface area contributed by atoms with Gasteiger partial charge in [0.2, 0.25) is 0 Å². The second kappa shape index (κ2) is 7.80. The molecule has 30 heavy (non-hydrogen) atoms. The van der Waals surface area contributed by atoms with Crippen LogP contribution in [0.2, 0.25) is 0 Å². The summed E-state index contributed by atoms with van der Waals surface area (Å²) in [6.07, 6.45) is -1.01. The van der Waals surface area contributed by atoms with Crippen LogP contribution in [0.1, 0.15) is 17.2 Å². The van der Waals surface area contributed by atoms with Crippen molar-refractivity contribution in [1.29, 1.82) is 0 Å². The summed E-state index contributed by atoms with van der Waals surface area (Å²) in [6, 6.07) is 23.0. The molecule has 1 amide bonds. The minimum atomic E-state index is -0.462. The van der Waals surface area contributed by atoms with Crippen molar-refractivity contribution in [3.8, 4) is 5.75 Å². The topological polar surface area (TPSA) is 51.3 Å². The van der Waals surface area contributed by atoms with Gasteiger partial charge in [0.1, 0.15) is 30.3 Å². The fourth-order valence-electron chi connectivity index (χ4n) is 3.73. The number of benzene rings is 3. The standard InChI is InChI=1S/C24H20FNO4/c25-18-8-10-19(11-9-18)26-22(23(21-15-29-21)30-24(26)27)17-6-12-20(13-7-17)28-14-16-4-2-1-3-5-16/h1-13,21-23H,14-15H2/t21?,22-,23-/m1/s1. The van der Waals surface area contributed by atoms with E-state index in [4.69, 9.17) is 14.2 Å². The number of carbonyl (C=O) groups is 1. The fourth-order valence-corrected chi connectivity index (χ4v) is 3.73. The summed E-state index contributed by atoms with van der Waals surface area (Å²) in [7, 11) is 0. The first-order valence-corrected chi connectivity index (χ1v) is 9.83. The van der Waals surface area contributed by atoms with E-state index >= 15 is 0 Å². The predicted octanol–water partition coefficient (Wildman–Crippen LogP) is 4.87. The van der Waals surface area contributed by atoms with Gasteiger partial charge in [-0.1, -0.05) is 42.5 Å². The highest BCUT2D eigenvalue weighted by Crippen LogP contribution is 2.42. The van der Waals surface area contributed by atoms with E-state index in [1.54, 1.807) is 17.0 Å². The molecule has 0 bridgehead atoms. The summed E-state index contributed by atoms with van der Waals surface area (Å²) < 4.78 is 30.3. The first kappa shape index (κ1) is 18.6. The average Bonchev–Trinajstić information content (AvgIpc) is 3.57. The molecule has 2 fully saturated rings. The van der Waals surface area contributed by atoms with E-state index in [0.717, 1.165) is 16.9 Å². The van der Waals surface area contributed by atoms with Gasteiger partial charge in [-0.2, -0.15) is 0 Å². The molecule has 2 aliphatic rings. The van der Waals surface area contributed by atoms with E-state index in [2.05, 4.69) is 0 Å². The van der Waals surface area contributed by atoms with Crippen LogP contribution in [0.5, 0.6) is 5.75 Å². The zero-order chi connectivity index (χ0) is 20.5. The Morgan fingerprint density at radius 1 is 0.967 bits per heavy atom. The molecule has 152 valence electrons. The molecule has 0 aliphatic carbocycles. The van der Waals surface area contributed by atoms with Crippen LogP contribution in [0.3, 0.4) is 0 Å². The number of carbonyl (C=O) groups excluding carboxylic acids is 1. The van der Waals surface area contributed by atoms with E-state index in [1.165, 1.54) is 12.1 Å². The molecule has 0 N–H and O–H groups in total. The van der Waals surface area contributed by atoms with Crippen molar-refractivity contribution in [2.75, 3.05) is 11.5 Å². The number of ether oxygens (including phenoxy) is 3. The second-order valence-electron chi connectivity index (χ2n) is 7.35. The van der Waals surface area contributed by atoms with Crippen LogP contribution in [0.15, 0.2) is 78.9 Å². The molecule has 1 unspecified atom stereocenters. The van der Waals surface area contributed by atoms with Crippen LogP contribution in [-0.2, 0) is 16.1 Å². The Kier molecular flexibility index (Phi) is 4.85. The predicted molar refractivity (Wildman–Crippen MR) is 109 cm³/mol. The van der Waals surface area contributed by atoms with Gasteiger partial charge in [0, 0.05) is 5.69 Å². The Labute approximate surface area is 173 Å². The van der Waals surface area contributed by atoms with Crippen molar-refractivity contribution in [1.82, 2.24) is 0 Å². The summed E-state index contributed by atoms with van der Waals surface area (Å²) in [6.45, 7) is 1.04. The number of rotatable bonds is 6. The van der Waals surface area contributed by atoms with E-state index < -0.39 is 12.2 Å². The Hall–Kier alpha value is -3.38. The molecular formula is C24H20FNO4. The molecule has 5 nitrogen and oxygen atoms in total. The summed E-state index contributed by atoms with van der Waals surface area (Å²) in [5.74, 6) is 0.380. The molecule has 0 saturated carbocycles. The maximum absolute atomic E-state index is 13.4. The first-order valence-electron chi connectivity index (χ1n) is 9.83. The number of nitrogens with zero attached hydrogens (tertiary/aromatic N) is 1. The minimum Gasteiger partial charge on any atom is -0.489 e. The highest BCUT2D eigenvalue weighted by atomic mass is 19.1. The van der Waals surface area contributed by atoms with Crippen LogP contribution in [0.4, 0.5) is 14.9 Å². The van der Waals surface area contributed by atoms with Gasteiger partial charge in [-0.3, -0.25) is 4.90 Å². The third-order valence-electron chi connectivity index (χ3n) is 5.32. The Balaban J connectivity index is 1.39. The lowest BCUT2D eigenvalue weighted by atomic mass is 9.98. The van der Waals surface area contributed by atoms with Crippen LogP contribution in [-0.4, -0.2) is 24.9 Å². The van der Waals surface area contributed by atoms with Crippen molar-refractivity contribution in [2.24, 2.45) is 0 Å². The summed E-state index contributed by atoms with van der Waals surface area (Å²) in [5, 5.41) is 0. The van der Waals surface area contributed by atoms with Gasteiger partial charge in [-0.15, -0.1) is 0 Å². The van der Waals surface area contributed by atoms with Gasteiger partial charge in [-0.05, 0) is 47.5 Å². The van der Waals surface area contributed by atoms with Crippen LogP contribution < -0.4 is 9.64 Å². The maximum Gasteiger partial charge on any atom is 0.415 e. The number of halogens is 1. The lowest BCUT2D eigenvalue weighted by molar-refractivity contribution is 0.110. The van der Waals surface area contributed by atoms with Crippen molar-refractivity contribution < 1.29 is 23.4 Å². The van der Waals surface area contributed by atoms with Gasteiger partial charge < -0.3 is 14.2 Å².